The number of amides is 1. The van der Waals surface area contributed by atoms with Crippen molar-refractivity contribution in [2.45, 2.75) is 25.3 Å². The maximum atomic E-state index is 12.7. The second kappa shape index (κ2) is 5.54. The minimum atomic E-state index is 0.0748. The van der Waals surface area contributed by atoms with Gasteiger partial charge >= 0.3 is 0 Å². The zero-order valence-electron chi connectivity index (χ0n) is 13.0. The zero-order chi connectivity index (χ0) is 15.8. The Morgan fingerprint density at radius 2 is 2.00 bits per heavy atom. The summed E-state index contributed by atoms with van der Waals surface area (Å²) in [6.07, 6.45) is 2.29. The van der Waals surface area contributed by atoms with Gasteiger partial charge in [0.2, 0.25) is 5.91 Å². The van der Waals surface area contributed by atoms with Gasteiger partial charge in [-0.25, -0.2) is 0 Å². The number of hydrogen-bond acceptors (Lipinski definition) is 3. The molecule has 0 bridgehead atoms. The molecule has 1 aliphatic carbocycles. The number of fused-ring (bicyclic) bond motifs is 2. The first-order valence-electron chi connectivity index (χ1n) is 7.91. The largest absolute Gasteiger partial charge is 0.356 e. The van der Waals surface area contributed by atoms with Crippen LogP contribution in [0.2, 0.25) is 0 Å². The number of nitrogens with zero attached hydrogens (tertiary/aromatic N) is 2. The lowest BCUT2D eigenvalue weighted by Crippen LogP contribution is -2.31. The summed E-state index contributed by atoms with van der Waals surface area (Å²) in [4.78, 5) is 14.6. The minimum absolute atomic E-state index is 0.0748. The van der Waals surface area contributed by atoms with E-state index in [0.717, 1.165) is 23.8 Å². The summed E-state index contributed by atoms with van der Waals surface area (Å²) < 4.78 is 5.29. The van der Waals surface area contributed by atoms with Crippen molar-refractivity contribution >= 4 is 16.9 Å². The highest BCUT2D eigenvalue weighted by Crippen LogP contribution is 2.35. The second-order valence-electron chi connectivity index (χ2n) is 6.06. The van der Waals surface area contributed by atoms with Gasteiger partial charge in [0, 0.05) is 12.4 Å². The standard InChI is InChI=1S/C19H18N2O2/c1-21(17-11-10-13-6-2-3-7-14(13)17)19(22)12-16-15-8-4-5-9-18(15)23-20-16/h2-9,17H,10-12H2,1H3. The van der Waals surface area contributed by atoms with E-state index in [0.29, 0.717) is 5.69 Å². The molecule has 0 saturated heterocycles. The SMILES string of the molecule is CN(C(=O)Cc1noc2ccccc12)C1CCc2ccccc21. The van der Waals surface area contributed by atoms with Crippen molar-refractivity contribution in [3.63, 3.8) is 0 Å². The molecule has 1 amide bonds. The molecular weight excluding hydrogens is 288 g/mol. The van der Waals surface area contributed by atoms with Crippen LogP contribution in [-0.2, 0) is 17.6 Å². The Morgan fingerprint density at radius 3 is 2.91 bits per heavy atom. The van der Waals surface area contributed by atoms with Gasteiger partial charge in [-0.1, -0.05) is 41.6 Å². The van der Waals surface area contributed by atoms with Crippen molar-refractivity contribution in [2.75, 3.05) is 7.05 Å². The third-order valence-electron chi connectivity index (χ3n) is 4.73. The fourth-order valence-corrected chi connectivity index (χ4v) is 3.44. The third kappa shape index (κ3) is 2.40. The molecule has 1 atom stereocenters. The van der Waals surface area contributed by atoms with Gasteiger partial charge in [-0.05, 0) is 36.1 Å². The maximum Gasteiger partial charge on any atom is 0.228 e. The Labute approximate surface area is 134 Å². The number of carbonyl (C=O) groups excluding carboxylic acids is 1. The van der Waals surface area contributed by atoms with Crippen LogP contribution in [0.1, 0.15) is 29.3 Å². The fraction of sp³-hybridized carbons (Fsp3) is 0.263. The number of benzene rings is 2. The molecule has 0 aliphatic heterocycles. The van der Waals surface area contributed by atoms with Crippen LogP contribution in [-0.4, -0.2) is 23.0 Å². The number of hydrogen-bond donors (Lipinski definition) is 0. The molecule has 4 nitrogen and oxygen atoms in total. The highest BCUT2D eigenvalue weighted by atomic mass is 16.5. The van der Waals surface area contributed by atoms with Gasteiger partial charge in [0.15, 0.2) is 5.58 Å². The van der Waals surface area contributed by atoms with Gasteiger partial charge in [-0.15, -0.1) is 0 Å². The monoisotopic (exact) mass is 306 g/mol. The molecule has 0 fully saturated rings. The van der Waals surface area contributed by atoms with Crippen LogP contribution in [0, 0.1) is 0 Å². The minimum Gasteiger partial charge on any atom is -0.356 e. The molecule has 4 rings (SSSR count). The van der Waals surface area contributed by atoms with Crippen molar-refractivity contribution in [3.05, 3.63) is 65.4 Å². The summed E-state index contributed by atoms with van der Waals surface area (Å²) in [5, 5.41) is 4.98. The molecule has 0 spiro atoms. The van der Waals surface area contributed by atoms with Gasteiger partial charge in [-0.2, -0.15) is 0 Å². The van der Waals surface area contributed by atoms with Crippen molar-refractivity contribution in [1.29, 1.82) is 0 Å². The van der Waals surface area contributed by atoms with Crippen LogP contribution >= 0.6 is 0 Å². The number of aryl methyl sites for hydroxylation is 1. The summed E-state index contributed by atoms with van der Waals surface area (Å²) in [6.45, 7) is 0. The van der Waals surface area contributed by atoms with Crippen molar-refractivity contribution < 1.29 is 9.32 Å². The normalized spacial score (nSPS) is 16.5. The van der Waals surface area contributed by atoms with E-state index >= 15 is 0 Å². The lowest BCUT2D eigenvalue weighted by atomic mass is 10.1. The molecule has 4 heteroatoms. The van der Waals surface area contributed by atoms with Crippen molar-refractivity contribution in [3.8, 4) is 0 Å². The Morgan fingerprint density at radius 1 is 1.22 bits per heavy atom. The van der Waals surface area contributed by atoms with Gasteiger partial charge in [0.25, 0.3) is 0 Å². The van der Waals surface area contributed by atoms with Gasteiger partial charge in [-0.3, -0.25) is 4.79 Å². The molecule has 1 heterocycles. The third-order valence-corrected chi connectivity index (χ3v) is 4.73. The molecule has 1 aliphatic rings. The first-order chi connectivity index (χ1) is 11.2. The average molecular weight is 306 g/mol. The lowest BCUT2D eigenvalue weighted by molar-refractivity contribution is -0.131. The van der Waals surface area contributed by atoms with E-state index in [1.807, 2.05) is 42.3 Å². The number of likely N-dealkylation sites (N-methyl/N-ethyl adjacent to an activating group) is 1. The van der Waals surface area contributed by atoms with Crippen LogP contribution < -0.4 is 0 Å². The van der Waals surface area contributed by atoms with E-state index in [4.69, 9.17) is 4.52 Å². The van der Waals surface area contributed by atoms with Crippen LogP contribution in [0.25, 0.3) is 11.0 Å². The topological polar surface area (TPSA) is 46.3 Å². The number of carbonyl (C=O) groups is 1. The van der Waals surface area contributed by atoms with E-state index < -0.39 is 0 Å². The summed E-state index contributed by atoms with van der Waals surface area (Å²) in [6, 6.07) is 16.2. The summed E-state index contributed by atoms with van der Waals surface area (Å²) in [5.74, 6) is 0.0748. The first-order valence-corrected chi connectivity index (χ1v) is 7.91. The van der Waals surface area contributed by atoms with E-state index in [1.54, 1.807) is 0 Å². The van der Waals surface area contributed by atoms with Crippen LogP contribution in [0.15, 0.2) is 53.1 Å². The van der Waals surface area contributed by atoms with Gasteiger partial charge < -0.3 is 9.42 Å². The van der Waals surface area contributed by atoms with Crippen molar-refractivity contribution in [2.24, 2.45) is 0 Å². The summed E-state index contributed by atoms with van der Waals surface area (Å²) in [5.41, 5.74) is 4.06. The number of para-hydroxylation sites is 1. The fourth-order valence-electron chi connectivity index (χ4n) is 3.44. The summed E-state index contributed by atoms with van der Waals surface area (Å²) in [7, 11) is 1.89. The number of rotatable bonds is 3. The molecule has 23 heavy (non-hydrogen) atoms. The number of aromatic nitrogens is 1. The quantitative estimate of drug-likeness (QED) is 0.744. The zero-order valence-corrected chi connectivity index (χ0v) is 13.0. The molecular formula is C19H18N2O2. The van der Waals surface area contributed by atoms with Crippen LogP contribution in [0.4, 0.5) is 0 Å². The van der Waals surface area contributed by atoms with Crippen LogP contribution in [0.5, 0.6) is 0 Å². The smallest absolute Gasteiger partial charge is 0.228 e. The van der Waals surface area contributed by atoms with Crippen molar-refractivity contribution in [1.82, 2.24) is 10.1 Å². The second-order valence-corrected chi connectivity index (χ2v) is 6.06. The van der Waals surface area contributed by atoms with Crippen LogP contribution in [0.3, 0.4) is 0 Å². The molecule has 0 radical (unpaired) electrons. The molecule has 3 aromatic rings. The Balaban J connectivity index is 1.56. The highest BCUT2D eigenvalue weighted by Gasteiger charge is 2.28. The molecule has 0 N–H and O–H groups in total. The van der Waals surface area contributed by atoms with E-state index in [9.17, 15) is 4.79 Å². The van der Waals surface area contributed by atoms with E-state index in [-0.39, 0.29) is 18.4 Å². The molecule has 0 saturated carbocycles. The molecule has 116 valence electrons. The maximum absolute atomic E-state index is 12.7. The van der Waals surface area contributed by atoms with E-state index in [1.165, 1.54) is 11.1 Å². The van der Waals surface area contributed by atoms with Gasteiger partial charge in [0.05, 0.1) is 12.5 Å². The Kier molecular flexibility index (Phi) is 3.37. The average Bonchev–Trinajstić information content (AvgIpc) is 3.19. The van der Waals surface area contributed by atoms with Gasteiger partial charge in [0.1, 0.15) is 5.69 Å². The van der Waals surface area contributed by atoms with E-state index in [2.05, 4.69) is 23.4 Å². The predicted molar refractivity (Wildman–Crippen MR) is 88.0 cm³/mol. The molecule has 1 aromatic heterocycles. The Bertz CT molecular complexity index is 868. The molecule has 2 aromatic carbocycles. The lowest BCUT2D eigenvalue weighted by Gasteiger charge is -2.25. The first kappa shape index (κ1) is 14.0. The predicted octanol–water partition coefficient (Wildman–Crippen LogP) is 3.52. The summed E-state index contributed by atoms with van der Waals surface area (Å²) >= 11 is 0. The Hall–Kier alpha value is -2.62. The molecule has 1 unspecified atom stereocenters. The highest BCUT2D eigenvalue weighted by molar-refractivity contribution is 5.86.